The maximum Gasteiger partial charge on any atom is 0.0976 e. The maximum atomic E-state index is 5.73. The van der Waals surface area contributed by atoms with E-state index in [4.69, 9.17) is 9.97 Å². The van der Waals surface area contributed by atoms with Gasteiger partial charge < -0.3 is 9.80 Å². The van der Waals surface area contributed by atoms with E-state index in [0.717, 1.165) is 66.6 Å². The number of aromatic nitrogens is 2. The van der Waals surface area contributed by atoms with Crippen LogP contribution in [0.2, 0.25) is 0 Å². The zero-order valence-corrected chi connectivity index (χ0v) is 36.6. The van der Waals surface area contributed by atoms with Crippen molar-refractivity contribution in [3.05, 3.63) is 166 Å². The van der Waals surface area contributed by atoms with E-state index in [1.807, 2.05) is 0 Å². The summed E-state index contributed by atoms with van der Waals surface area (Å²) in [6.07, 6.45) is 5.88. The second-order valence-electron chi connectivity index (χ2n) is 18.3. The highest BCUT2D eigenvalue weighted by molar-refractivity contribution is 6.26. The topological polar surface area (TPSA) is 32.3 Å². The molecule has 0 amide bonds. The molecular weight excluding hydrogens is 729 g/mol. The molecule has 0 N–H and O–H groups in total. The molecule has 0 radical (unpaired) electrons. The molecule has 10 rings (SSSR count). The van der Waals surface area contributed by atoms with Crippen LogP contribution in [-0.4, -0.2) is 9.97 Å². The first kappa shape index (κ1) is 38.2. The van der Waals surface area contributed by atoms with Crippen LogP contribution in [0.3, 0.4) is 0 Å². The van der Waals surface area contributed by atoms with Crippen molar-refractivity contribution < 1.29 is 0 Å². The van der Waals surface area contributed by atoms with Crippen LogP contribution in [0, 0.1) is 6.92 Å². The van der Waals surface area contributed by atoms with Crippen molar-refractivity contribution in [2.75, 3.05) is 9.80 Å². The molecule has 0 atom stereocenters. The molecule has 0 unspecified atom stereocenters. The van der Waals surface area contributed by atoms with Gasteiger partial charge in [-0.1, -0.05) is 141 Å². The lowest BCUT2D eigenvalue weighted by Crippen LogP contribution is -2.30. The third kappa shape index (κ3) is 5.63. The van der Waals surface area contributed by atoms with Crippen LogP contribution < -0.4 is 9.80 Å². The normalized spacial score (nSPS) is 14.9. The van der Waals surface area contributed by atoms with Crippen LogP contribution in [-0.2, 0) is 30.1 Å². The van der Waals surface area contributed by atoms with Gasteiger partial charge in [0.15, 0.2) is 0 Å². The van der Waals surface area contributed by atoms with Gasteiger partial charge in [-0.25, -0.2) is 9.97 Å². The Balaban J connectivity index is 1.32. The monoisotopic (exact) mass is 784 g/mol. The lowest BCUT2D eigenvalue weighted by Gasteiger charge is -2.42. The first-order valence-electron chi connectivity index (χ1n) is 22.3. The van der Waals surface area contributed by atoms with E-state index in [1.165, 1.54) is 83.4 Å². The van der Waals surface area contributed by atoms with E-state index < -0.39 is 0 Å². The molecule has 300 valence electrons. The van der Waals surface area contributed by atoms with E-state index in [0.29, 0.717) is 0 Å². The molecule has 7 aromatic carbocycles. The number of nitrogens with zero attached hydrogens (tertiary/aromatic N) is 4. The van der Waals surface area contributed by atoms with Crippen molar-refractivity contribution in [2.24, 2.45) is 0 Å². The molecule has 0 bridgehead atoms. The summed E-state index contributed by atoms with van der Waals surface area (Å²) in [6, 6.07) is 45.7. The number of aryl methyl sites for hydroxylation is 4. The number of hydrogen-bond acceptors (Lipinski definition) is 4. The summed E-state index contributed by atoms with van der Waals surface area (Å²) in [5, 5.41) is 4.97. The number of hydrogen-bond donors (Lipinski definition) is 0. The van der Waals surface area contributed by atoms with Crippen molar-refractivity contribution in [1.82, 2.24) is 9.97 Å². The average molecular weight is 785 g/mol. The molecule has 4 heteroatoms. The predicted octanol–water partition coefficient (Wildman–Crippen LogP) is 15.3. The van der Waals surface area contributed by atoms with E-state index in [1.54, 1.807) is 0 Å². The van der Waals surface area contributed by atoms with Gasteiger partial charge in [-0.15, -0.1) is 0 Å². The standard InChI is InChI=1S/C56H56N4/c1-9-20-36-32-38(60-49-29-18-14-25-43(49)56(7,8)44-26-15-19-30-50(44)60)34-40-52(36)51-35(4)31-37(33-39(51)53-54(40)58-46(22-11-3)45(57-53)21-10-2)59-47-27-16-12-23-41(47)55(5,6)42-24-13-17-28-48(42)59/h12-19,23-34H,9-11,20-22H2,1-8H3. The predicted molar refractivity (Wildman–Crippen MR) is 255 cm³/mol. The number of para-hydroxylation sites is 4. The van der Waals surface area contributed by atoms with Gasteiger partial charge in [0.2, 0.25) is 0 Å². The van der Waals surface area contributed by atoms with Gasteiger partial charge in [-0.3, -0.25) is 0 Å². The largest absolute Gasteiger partial charge is 0.310 e. The Kier molecular flexibility index (Phi) is 9.13. The van der Waals surface area contributed by atoms with Gasteiger partial charge in [0.05, 0.1) is 45.2 Å². The molecule has 4 nitrogen and oxygen atoms in total. The minimum Gasteiger partial charge on any atom is -0.310 e. The zero-order valence-electron chi connectivity index (χ0n) is 36.6. The molecule has 2 aliphatic heterocycles. The summed E-state index contributed by atoms with van der Waals surface area (Å²) < 4.78 is 0. The van der Waals surface area contributed by atoms with Crippen molar-refractivity contribution >= 4 is 66.7 Å². The summed E-state index contributed by atoms with van der Waals surface area (Å²) in [6.45, 7) is 18.6. The third-order valence-electron chi connectivity index (χ3n) is 13.6. The van der Waals surface area contributed by atoms with E-state index >= 15 is 0 Å². The minimum atomic E-state index is -0.133. The van der Waals surface area contributed by atoms with E-state index in [9.17, 15) is 0 Å². The Hall–Kier alpha value is -6.00. The average Bonchev–Trinajstić information content (AvgIpc) is 3.25. The zero-order chi connectivity index (χ0) is 41.5. The molecule has 8 aromatic rings. The molecule has 0 fully saturated rings. The van der Waals surface area contributed by atoms with Crippen LogP contribution in [0.15, 0.2) is 121 Å². The van der Waals surface area contributed by atoms with Crippen molar-refractivity contribution in [2.45, 2.75) is 105 Å². The summed E-state index contributed by atoms with van der Waals surface area (Å²) in [5.74, 6) is 0. The first-order chi connectivity index (χ1) is 29.1. The number of rotatable bonds is 8. The van der Waals surface area contributed by atoms with Crippen LogP contribution in [0.25, 0.3) is 32.6 Å². The molecule has 2 aliphatic rings. The van der Waals surface area contributed by atoms with Gasteiger partial charge in [-0.05, 0) is 119 Å². The fraction of sp³-hybridized carbons (Fsp3) is 0.286. The summed E-state index contributed by atoms with van der Waals surface area (Å²) >= 11 is 0. The SMILES string of the molecule is CCCc1nc2c3cc(N4c5ccccc5C(C)(C)c5ccccc54)cc(C)c3c3c(CCC)cc(N4c5ccccc5C(C)(C)c5ccccc54)cc3c2nc1CCC. The summed E-state index contributed by atoms with van der Waals surface area (Å²) in [4.78, 5) is 16.5. The summed E-state index contributed by atoms with van der Waals surface area (Å²) in [7, 11) is 0. The molecule has 0 saturated carbocycles. The minimum absolute atomic E-state index is 0.132. The van der Waals surface area contributed by atoms with Crippen LogP contribution >= 0.6 is 0 Å². The highest BCUT2D eigenvalue weighted by atomic mass is 15.2. The highest BCUT2D eigenvalue weighted by Crippen LogP contribution is 2.55. The van der Waals surface area contributed by atoms with Crippen LogP contribution in [0.5, 0.6) is 0 Å². The summed E-state index contributed by atoms with van der Waals surface area (Å²) in [5.41, 5.74) is 19.3. The fourth-order valence-corrected chi connectivity index (χ4v) is 10.8. The van der Waals surface area contributed by atoms with E-state index in [-0.39, 0.29) is 10.8 Å². The van der Waals surface area contributed by atoms with Gasteiger partial charge in [0.1, 0.15) is 0 Å². The second-order valence-corrected chi connectivity index (χ2v) is 18.3. The smallest absolute Gasteiger partial charge is 0.0976 e. The van der Waals surface area contributed by atoms with Crippen LogP contribution in [0.4, 0.5) is 34.1 Å². The Bertz CT molecular complexity index is 2910. The molecule has 60 heavy (non-hydrogen) atoms. The van der Waals surface area contributed by atoms with Gasteiger partial charge in [0.25, 0.3) is 0 Å². The second kappa shape index (κ2) is 14.3. The highest BCUT2D eigenvalue weighted by Gasteiger charge is 2.38. The van der Waals surface area contributed by atoms with Crippen molar-refractivity contribution in [3.8, 4) is 0 Å². The van der Waals surface area contributed by atoms with E-state index in [2.05, 4.69) is 187 Å². The Morgan fingerprint density at radius 2 is 0.817 bits per heavy atom. The first-order valence-corrected chi connectivity index (χ1v) is 22.3. The molecule has 3 heterocycles. The van der Waals surface area contributed by atoms with Crippen LogP contribution in [0.1, 0.15) is 112 Å². The quantitative estimate of drug-likeness (QED) is 0.144. The molecule has 0 spiro atoms. The lowest BCUT2D eigenvalue weighted by atomic mass is 9.73. The van der Waals surface area contributed by atoms with Gasteiger partial charge in [0, 0.05) is 33.0 Å². The Labute approximate surface area is 355 Å². The Morgan fingerprint density at radius 1 is 0.450 bits per heavy atom. The fourth-order valence-electron chi connectivity index (χ4n) is 10.8. The third-order valence-corrected chi connectivity index (χ3v) is 13.6. The lowest BCUT2D eigenvalue weighted by molar-refractivity contribution is 0.631. The number of fused-ring (bicyclic) bond motifs is 10. The van der Waals surface area contributed by atoms with Crippen molar-refractivity contribution in [3.63, 3.8) is 0 Å². The maximum absolute atomic E-state index is 5.73. The van der Waals surface area contributed by atoms with Gasteiger partial charge in [-0.2, -0.15) is 0 Å². The Morgan fingerprint density at radius 3 is 1.22 bits per heavy atom. The number of anilines is 6. The van der Waals surface area contributed by atoms with Gasteiger partial charge >= 0.3 is 0 Å². The molecule has 0 saturated heterocycles. The molecule has 1 aromatic heterocycles. The molecular formula is C56H56N4. The molecule has 0 aliphatic carbocycles. The number of benzene rings is 7. The van der Waals surface area contributed by atoms with Crippen molar-refractivity contribution in [1.29, 1.82) is 0 Å².